The standard InChI is InChI=1S/C28H31BrFN3O5S/c1-4-16-31-28(35)20(2)32(18-21-6-5-7-22(29)17-21)27(34)19-33(24-10-8-23(30)9-11-24)39(36,37)26-14-12-25(38-3)13-15-26/h5-15,17,20H,4,16,18-19H2,1-3H3,(H,31,35)/t20-/m1/s1. The molecule has 0 saturated carbocycles. The fraction of sp³-hybridized carbons (Fsp3) is 0.286. The Morgan fingerprint density at radius 2 is 1.72 bits per heavy atom. The number of anilines is 1. The minimum Gasteiger partial charge on any atom is -0.497 e. The maximum atomic E-state index is 13.8. The number of methoxy groups -OCH3 is 1. The van der Waals surface area contributed by atoms with E-state index in [-0.39, 0.29) is 23.0 Å². The molecule has 0 aliphatic rings. The molecule has 3 aromatic carbocycles. The van der Waals surface area contributed by atoms with E-state index in [4.69, 9.17) is 4.74 Å². The van der Waals surface area contributed by atoms with Gasteiger partial charge in [-0.3, -0.25) is 13.9 Å². The number of carbonyl (C=O) groups is 2. The molecule has 0 aromatic heterocycles. The van der Waals surface area contributed by atoms with Crippen molar-refractivity contribution < 1.29 is 27.1 Å². The van der Waals surface area contributed by atoms with E-state index in [1.165, 1.54) is 48.4 Å². The topological polar surface area (TPSA) is 96.0 Å². The van der Waals surface area contributed by atoms with E-state index in [1.54, 1.807) is 6.92 Å². The first kappa shape index (κ1) is 30.1. The van der Waals surface area contributed by atoms with Crippen molar-refractivity contribution in [3.05, 3.63) is 88.6 Å². The zero-order chi connectivity index (χ0) is 28.6. The summed E-state index contributed by atoms with van der Waals surface area (Å²) in [5, 5.41) is 2.80. The highest BCUT2D eigenvalue weighted by Crippen LogP contribution is 2.26. The summed E-state index contributed by atoms with van der Waals surface area (Å²) in [5.74, 6) is -1.04. The second-order valence-electron chi connectivity index (χ2n) is 8.78. The van der Waals surface area contributed by atoms with Crippen LogP contribution in [-0.4, -0.2) is 51.4 Å². The average Bonchev–Trinajstić information content (AvgIpc) is 2.93. The smallest absolute Gasteiger partial charge is 0.264 e. The molecule has 0 bridgehead atoms. The van der Waals surface area contributed by atoms with Crippen LogP contribution in [0.3, 0.4) is 0 Å². The molecule has 1 atom stereocenters. The number of nitrogens with zero attached hydrogens (tertiary/aromatic N) is 2. The summed E-state index contributed by atoms with van der Waals surface area (Å²) in [6.45, 7) is 3.41. The van der Waals surface area contributed by atoms with Gasteiger partial charge in [0.1, 0.15) is 24.2 Å². The molecule has 1 N–H and O–H groups in total. The molecule has 208 valence electrons. The Morgan fingerprint density at radius 1 is 1.05 bits per heavy atom. The highest BCUT2D eigenvalue weighted by molar-refractivity contribution is 9.10. The maximum Gasteiger partial charge on any atom is 0.264 e. The average molecular weight is 621 g/mol. The Bertz CT molecular complexity index is 1390. The van der Waals surface area contributed by atoms with E-state index in [9.17, 15) is 22.4 Å². The molecule has 0 radical (unpaired) electrons. The van der Waals surface area contributed by atoms with E-state index in [1.807, 2.05) is 31.2 Å². The number of amides is 2. The van der Waals surface area contributed by atoms with Gasteiger partial charge in [-0.15, -0.1) is 0 Å². The van der Waals surface area contributed by atoms with Gasteiger partial charge >= 0.3 is 0 Å². The summed E-state index contributed by atoms with van der Waals surface area (Å²) in [6.07, 6.45) is 0.719. The molecule has 0 aliphatic carbocycles. The third kappa shape index (κ3) is 7.79. The molecule has 3 rings (SSSR count). The van der Waals surface area contributed by atoms with Crippen LogP contribution in [0.4, 0.5) is 10.1 Å². The normalized spacial score (nSPS) is 11.9. The predicted octanol–water partition coefficient (Wildman–Crippen LogP) is 4.74. The molecule has 0 fully saturated rings. The van der Waals surface area contributed by atoms with Crippen LogP contribution in [0.25, 0.3) is 0 Å². The molecule has 11 heteroatoms. The number of nitrogens with one attached hydrogen (secondary N) is 1. The van der Waals surface area contributed by atoms with Crippen molar-refractivity contribution in [2.75, 3.05) is 24.5 Å². The van der Waals surface area contributed by atoms with Gasteiger partial charge in [-0.05, 0) is 79.6 Å². The number of ether oxygens (including phenoxy) is 1. The van der Waals surface area contributed by atoms with Crippen molar-refractivity contribution in [1.29, 1.82) is 0 Å². The minimum atomic E-state index is -4.26. The predicted molar refractivity (Wildman–Crippen MR) is 151 cm³/mol. The Morgan fingerprint density at radius 3 is 2.31 bits per heavy atom. The van der Waals surface area contributed by atoms with Crippen molar-refractivity contribution in [3.63, 3.8) is 0 Å². The molecular weight excluding hydrogens is 589 g/mol. The van der Waals surface area contributed by atoms with E-state index in [0.717, 1.165) is 32.9 Å². The molecule has 0 saturated heterocycles. The van der Waals surface area contributed by atoms with Crippen LogP contribution in [0, 0.1) is 5.82 Å². The molecule has 0 aliphatic heterocycles. The van der Waals surface area contributed by atoms with Crippen molar-refractivity contribution in [1.82, 2.24) is 10.2 Å². The molecule has 3 aromatic rings. The lowest BCUT2D eigenvalue weighted by Crippen LogP contribution is -2.51. The van der Waals surface area contributed by atoms with Crippen LogP contribution in [-0.2, 0) is 26.2 Å². The molecule has 0 spiro atoms. The van der Waals surface area contributed by atoms with E-state index in [0.29, 0.717) is 12.3 Å². The quantitative estimate of drug-likeness (QED) is 0.316. The minimum absolute atomic E-state index is 0.0683. The Kier molecular flexibility index (Phi) is 10.5. The zero-order valence-electron chi connectivity index (χ0n) is 21.9. The summed E-state index contributed by atoms with van der Waals surface area (Å²) in [6, 6.07) is 17.0. The lowest BCUT2D eigenvalue weighted by molar-refractivity contribution is -0.139. The Balaban J connectivity index is 2.01. The maximum absolute atomic E-state index is 13.8. The monoisotopic (exact) mass is 619 g/mol. The Hall–Kier alpha value is -3.44. The molecule has 8 nitrogen and oxygen atoms in total. The number of rotatable bonds is 12. The van der Waals surface area contributed by atoms with E-state index >= 15 is 0 Å². The number of benzene rings is 3. The molecule has 0 unspecified atom stereocenters. The second-order valence-corrected chi connectivity index (χ2v) is 11.6. The fourth-order valence-corrected chi connectivity index (χ4v) is 5.68. The van der Waals surface area contributed by atoms with Gasteiger partial charge in [0, 0.05) is 17.6 Å². The van der Waals surface area contributed by atoms with Crippen LogP contribution in [0.2, 0.25) is 0 Å². The number of sulfonamides is 1. The summed E-state index contributed by atoms with van der Waals surface area (Å²) >= 11 is 3.42. The SMILES string of the molecule is CCCNC(=O)[C@@H](C)N(Cc1cccc(Br)c1)C(=O)CN(c1ccc(F)cc1)S(=O)(=O)c1ccc(OC)cc1. The van der Waals surface area contributed by atoms with Gasteiger partial charge in [-0.2, -0.15) is 0 Å². The van der Waals surface area contributed by atoms with Gasteiger partial charge in [0.05, 0.1) is 17.7 Å². The number of hydrogen-bond acceptors (Lipinski definition) is 5. The van der Waals surface area contributed by atoms with Crippen molar-refractivity contribution >= 4 is 43.5 Å². The third-order valence-electron chi connectivity index (χ3n) is 6.00. The van der Waals surface area contributed by atoms with Gasteiger partial charge in [-0.25, -0.2) is 12.8 Å². The summed E-state index contributed by atoms with van der Waals surface area (Å²) in [7, 11) is -2.80. The molecular formula is C28H31BrFN3O5S. The molecule has 0 heterocycles. The zero-order valence-corrected chi connectivity index (χ0v) is 24.3. The summed E-state index contributed by atoms with van der Waals surface area (Å²) in [5.41, 5.74) is 0.852. The van der Waals surface area contributed by atoms with E-state index in [2.05, 4.69) is 21.2 Å². The number of carbonyl (C=O) groups excluding carboxylic acids is 2. The lowest BCUT2D eigenvalue weighted by atomic mass is 10.1. The first-order valence-electron chi connectivity index (χ1n) is 12.3. The first-order chi connectivity index (χ1) is 18.6. The number of halogens is 2. The van der Waals surface area contributed by atoms with Crippen LogP contribution >= 0.6 is 15.9 Å². The molecule has 39 heavy (non-hydrogen) atoms. The summed E-state index contributed by atoms with van der Waals surface area (Å²) in [4.78, 5) is 28.0. The van der Waals surface area contributed by atoms with E-state index < -0.39 is 34.3 Å². The molecule has 2 amide bonds. The summed E-state index contributed by atoms with van der Waals surface area (Å²) < 4.78 is 48.1. The van der Waals surface area contributed by atoms with Gasteiger partial charge in [-0.1, -0.05) is 35.0 Å². The van der Waals surface area contributed by atoms with Gasteiger partial charge < -0.3 is 15.0 Å². The fourth-order valence-electron chi connectivity index (χ4n) is 3.82. The van der Waals surface area contributed by atoms with Crippen molar-refractivity contribution in [3.8, 4) is 5.75 Å². The van der Waals surface area contributed by atoms with Gasteiger partial charge in [0.2, 0.25) is 11.8 Å². The number of hydrogen-bond donors (Lipinski definition) is 1. The van der Waals surface area contributed by atoms with Crippen LogP contribution in [0.15, 0.2) is 82.2 Å². The first-order valence-corrected chi connectivity index (χ1v) is 14.5. The highest BCUT2D eigenvalue weighted by atomic mass is 79.9. The Labute approximate surface area is 236 Å². The van der Waals surface area contributed by atoms with Crippen molar-refractivity contribution in [2.45, 2.75) is 37.8 Å². The second kappa shape index (κ2) is 13.6. The highest BCUT2D eigenvalue weighted by Gasteiger charge is 2.32. The van der Waals surface area contributed by atoms with Crippen LogP contribution in [0.5, 0.6) is 5.75 Å². The van der Waals surface area contributed by atoms with Crippen LogP contribution in [0.1, 0.15) is 25.8 Å². The third-order valence-corrected chi connectivity index (χ3v) is 8.28. The van der Waals surface area contributed by atoms with Crippen molar-refractivity contribution in [2.24, 2.45) is 0 Å². The van der Waals surface area contributed by atoms with Gasteiger partial charge in [0.15, 0.2) is 0 Å². The van der Waals surface area contributed by atoms with Gasteiger partial charge in [0.25, 0.3) is 10.0 Å². The largest absolute Gasteiger partial charge is 0.497 e. The van der Waals surface area contributed by atoms with Crippen LogP contribution < -0.4 is 14.4 Å². The lowest BCUT2D eigenvalue weighted by Gasteiger charge is -2.32.